The van der Waals surface area contributed by atoms with Gasteiger partial charge in [0.2, 0.25) is 0 Å². The molecule has 0 spiro atoms. The van der Waals surface area contributed by atoms with Crippen LogP contribution in [0.15, 0.2) is 36.4 Å². The molecule has 0 saturated carbocycles. The lowest BCUT2D eigenvalue weighted by atomic mass is 10.0. The van der Waals surface area contributed by atoms with Gasteiger partial charge in [-0.05, 0) is 11.5 Å². The highest BCUT2D eigenvalue weighted by atomic mass is 35.5. The van der Waals surface area contributed by atoms with E-state index in [0.29, 0.717) is 18.9 Å². The minimum absolute atomic E-state index is 0.125. The molecule has 0 aromatic heterocycles. The maximum absolute atomic E-state index is 6.08. The summed E-state index contributed by atoms with van der Waals surface area (Å²) in [5.74, 6) is 7.73. The number of hydrogen-bond acceptors (Lipinski definition) is 2. The van der Waals surface area contributed by atoms with Gasteiger partial charge in [0.25, 0.3) is 0 Å². The van der Waals surface area contributed by atoms with Crippen LogP contribution >= 0.6 is 11.6 Å². The molecule has 108 valence electrons. The summed E-state index contributed by atoms with van der Waals surface area (Å²) in [6.07, 6.45) is 1.73. The monoisotopic (exact) mass is 300 g/mol. The van der Waals surface area contributed by atoms with Crippen LogP contribution in [-0.2, 0) is 4.74 Å². The molecule has 1 saturated heterocycles. The smallest absolute Gasteiger partial charge is 0.136 e. The number of fused-ring (bicyclic) bond motifs is 1. The van der Waals surface area contributed by atoms with E-state index in [1.165, 1.54) is 5.39 Å². The van der Waals surface area contributed by atoms with Crippen molar-refractivity contribution in [2.45, 2.75) is 18.9 Å². The lowest BCUT2D eigenvalue weighted by Gasteiger charge is -2.15. The maximum Gasteiger partial charge on any atom is 0.136 e. The number of rotatable bonds is 3. The highest BCUT2D eigenvalue weighted by Gasteiger charge is 2.19. The highest BCUT2D eigenvalue weighted by molar-refractivity contribution is 6.18. The summed E-state index contributed by atoms with van der Waals surface area (Å²) in [5.41, 5.74) is 0.949. The van der Waals surface area contributed by atoms with E-state index in [-0.39, 0.29) is 6.10 Å². The Hall–Kier alpha value is -1.69. The van der Waals surface area contributed by atoms with Crippen molar-refractivity contribution in [3.05, 3.63) is 42.0 Å². The topological polar surface area (TPSA) is 18.5 Å². The Morgan fingerprint density at radius 2 is 2.14 bits per heavy atom. The first kappa shape index (κ1) is 14.3. The fourth-order valence-electron chi connectivity index (χ4n) is 2.46. The molecule has 21 heavy (non-hydrogen) atoms. The van der Waals surface area contributed by atoms with Crippen LogP contribution in [0.3, 0.4) is 0 Å². The molecule has 0 aliphatic carbocycles. The zero-order valence-corrected chi connectivity index (χ0v) is 12.5. The second-order valence-electron chi connectivity index (χ2n) is 5.00. The number of alkyl halides is 1. The maximum atomic E-state index is 6.08. The van der Waals surface area contributed by atoms with Crippen LogP contribution in [0.5, 0.6) is 5.75 Å². The van der Waals surface area contributed by atoms with Crippen molar-refractivity contribution < 1.29 is 9.47 Å². The molecular weight excluding hydrogens is 284 g/mol. The van der Waals surface area contributed by atoms with Gasteiger partial charge in [0.05, 0.1) is 18.8 Å². The van der Waals surface area contributed by atoms with E-state index in [9.17, 15) is 0 Å². The van der Waals surface area contributed by atoms with Crippen LogP contribution < -0.4 is 4.74 Å². The predicted molar refractivity (Wildman–Crippen MR) is 86.0 cm³/mol. The number of ether oxygens (including phenoxy) is 2. The fraction of sp³-hybridized carbons (Fsp3) is 0.333. The van der Waals surface area contributed by atoms with Gasteiger partial charge in [-0.15, -0.1) is 11.6 Å². The summed E-state index contributed by atoms with van der Waals surface area (Å²) in [5, 5.41) is 2.29. The van der Waals surface area contributed by atoms with Gasteiger partial charge in [-0.1, -0.05) is 42.2 Å². The average molecular weight is 301 g/mol. The van der Waals surface area contributed by atoms with E-state index in [2.05, 4.69) is 30.0 Å². The Kier molecular flexibility index (Phi) is 4.65. The van der Waals surface area contributed by atoms with Crippen LogP contribution in [-0.4, -0.2) is 25.2 Å². The summed E-state index contributed by atoms with van der Waals surface area (Å²) in [7, 11) is 0. The van der Waals surface area contributed by atoms with Crippen molar-refractivity contribution in [3.8, 4) is 17.6 Å². The second-order valence-corrected chi connectivity index (χ2v) is 5.38. The molecule has 1 heterocycles. The first-order valence-electron chi connectivity index (χ1n) is 7.19. The van der Waals surface area contributed by atoms with Gasteiger partial charge >= 0.3 is 0 Å². The van der Waals surface area contributed by atoms with Gasteiger partial charge in [-0.3, -0.25) is 0 Å². The van der Waals surface area contributed by atoms with Crippen LogP contribution in [0.1, 0.15) is 18.4 Å². The van der Waals surface area contributed by atoms with Gasteiger partial charge in [-0.25, -0.2) is 0 Å². The molecule has 0 amide bonds. The van der Waals surface area contributed by atoms with Crippen molar-refractivity contribution in [1.29, 1.82) is 0 Å². The van der Waals surface area contributed by atoms with Crippen molar-refractivity contribution >= 4 is 22.4 Å². The zero-order valence-electron chi connectivity index (χ0n) is 11.8. The molecule has 1 fully saturated rings. The first-order valence-corrected chi connectivity index (χ1v) is 7.73. The van der Waals surface area contributed by atoms with Crippen LogP contribution in [0, 0.1) is 11.8 Å². The van der Waals surface area contributed by atoms with E-state index in [0.717, 1.165) is 29.7 Å². The Balaban J connectivity index is 2.01. The van der Waals surface area contributed by atoms with E-state index in [4.69, 9.17) is 21.1 Å². The normalized spacial score (nSPS) is 17.5. The third-order valence-electron chi connectivity index (χ3n) is 3.51. The lowest BCUT2D eigenvalue weighted by Crippen LogP contribution is -2.16. The van der Waals surface area contributed by atoms with E-state index in [1.54, 1.807) is 0 Å². The highest BCUT2D eigenvalue weighted by Crippen LogP contribution is 2.29. The molecule has 1 unspecified atom stereocenters. The molecule has 0 bridgehead atoms. The van der Waals surface area contributed by atoms with Crippen LogP contribution in [0.4, 0.5) is 0 Å². The standard InChI is InChI=1S/C18H17ClO2/c19-11-4-3-7-17-16-6-2-1-5-14(16)8-9-18(17)21-15-10-12-20-13-15/h1-2,5-6,8-9,15H,4,10-13H2. The minimum atomic E-state index is 0.125. The van der Waals surface area contributed by atoms with Gasteiger partial charge in [0.15, 0.2) is 0 Å². The van der Waals surface area contributed by atoms with Crippen molar-refractivity contribution in [1.82, 2.24) is 0 Å². The molecule has 0 radical (unpaired) electrons. The molecule has 1 atom stereocenters. The summed E-state index contributed by atoms with van der Waals surface area (Å²) >= 11 is 5.71. The Labute approximate surface area is 130 Å². The van der Waals surface area contributed by atoms with E-state index >= 15 is 0 Å². The predicted octanol–water partition coefficient (Wildman–Crippen LogP) is 3.99. The van der Waals surface area contributed by atoms with Gasteiger partial charge in [-0.2, -0.15) is 0 Å². The quantitative estimate of drug-likeness (QED) is 0.630. The third-order valence-corrected chi connectivity index (χ3v) is 3.69. The molecule has 3 rings (SSSR count). The average Bonchev–Trinajstić information content (AvgIpc) is 3.02. The van der Waals surface area contributed by atoms with E-state index in [1.807, 2.05) is 18.2 Å². The van der Waals surface area contributed by atoms with Crippen molar-refractivity contribution in [2.24, 2.45) is 0 Å². The van der Waals surface area contributed by atoms with Gasteiger partial charge in [0.1, 0.15) is 11.9 Å². The molecule has 0 N–H and O–H groups in total. The third kappa shape index (κ3) is 3.32. The van der Waals surface area contributed by atoms with Crippen molar-refractivity contribution in [2.75, 3.05) is 19.1 Å². The van der Waals surface area contributed by atoms with Gasteiger partial charge < -0.3 is 9.47 Å². The SMILES string of the molecule is ClCCC#Cc1c(OC2CCOC2)ccc2ccccc12. The summed E-state index contributed by atoms with van der Waals surface area (Å²) < 4.78 is 11.5. The molecule has 1 aliphatic heterocycles. The number of halogens is 1. The molecule has 1 aliphatic rings. The zero-order chi connectivity index (χ0) is 14.5. The van der Waals surface area contributed by atoms with Crippen LogP contribution in [0.25, 0.3) is 10.8 Å². The van der Waals surface area contributed by atoms with Crippen molar-refractivity contribution in [3.63, 3.8) is 0 Å². The van der Waals surface area contributed by atoms with E-state index < -0.39 is 0 Å². The Bertz CT molecular complexity index is 678. The minimum Gasteiger partial charge on any atom is -0.487 e. The Morgan fingerprint density at radius 1 is 1.24 bits per heavy atom. The lowest BCUT2D eigenvalue weighted by molar-refractivity contribution is 0.141. The molecule has 2 aromatic carbocycles. The summed E-state index contributed by atoms with van der Waals surface area (Å²) in [6, 6.07) is 12.3. The fourth-order valence-corrected chi connectivity index (χ4v) is 2.56. The molecule has 3 heteroatoms. The molecule has 2 nitrogen and oxygen atoms in total. The Morgan fingerprint density at radius 3 is 2.95 bits per heavy atom. The van der Waals surface area contributed by atoms with Gasteiger partial charge in [0, 0.05) is 24.1 Å². The molecular formula is C18H17ClO2. The second kappa shape index (κ2) is 6.85. The first-order chi connectivity index (χ1) is 10.4. The number of benzene rings is 2. The summed E-state index contributed by atoms with van der Waals surface area (Å²) in [4.78, 5) is 0. The van der Waals surface area contributed by atoms with Crippen LogP contribution in [0.2, 0.25) is 0 Å². The number of hydrogen-bond donors (Lipinski definition) is 0. The molecule has 2 aromatic rings. The largest absolute Gasteiger partial charge is 0.487 e. The summed E-state index contributed by atoms with van der Waals surface area (Å²) in [6.45, 7) is 1.42.